The maximum Gasteiger partial charge on any atom is 0.265 e. The molecular weight excluding hydrogens is 375 g/mol. The highest BCUT2D eigenvalue weighted by molar-refractivity contribution is 7.17. The van der Waals surface area contributed by atoms with E-state index in [1.807, 2.05) is 24.0 Å². The number of nitrogens with zero attached hydrogens (tertiary/aromatic N) is 4. The average Bonchev–Trinajstić information content (AvgIpc) is 3.11. The highest BCUT2D eigenvalue weighted by Crippen LogP contribution is 2.29. The van der Waals surface area contributed by atoms with Gasteiger partial charge in [-0.2, -0.15) is 0 Å². The molecule has 5 nitrogen and oxygen atoms in total. The van der Waals surface area contributed by atoms with E-state index in [2.05, 4.69) is 14.9 Å². The lowest BCUT2D eigenvalue weighted by Crippen LogP contribution is -2.48. The van der Waals surface area contributed by atoms with Crippen molar-refractivity contribution in [1.82, 2.24) is 19.8 Å². The number of hydrogen-bond acceptors (Lipinski definition) is 5. The Morgan fingerprint density at radius 3 is 2.43 bits per heavy atom. The van der Waals surface area contributed by atoms with Crippen LogP contribution in [0.4, 0.5) is 4.39 Å². The predicted molar refractivity (Wildman–Crippen MR) is 108 cm³/mol. The quantitative estimate of drug-likeness (QED) is 0.676. The Morgan fingerprint density at radius 1 is 1.07 bits per heavy atom. The summed E-state index contributed by atoms with van der Waals surface area (Å²) in [5.74, 6) is -0.245. The van der Waals surface area contributed by atoms with Gasteiger partial charge in [-0.15, -0.1) is 11.3 Å². The van der Waals surface area contributed by atoms with Crippen LogP contribution >= 0.6 is 11.3 Å². The molecule has 0 spiro atoms. The highest BCUT2D eigenvalue weighted by Gasteiger charge is 2.25. The second-order valence-electron chi connectivity index (χ2n) is 6.86. The summed E-state index contributed by atoms with van der Waals surface area (Å²) in [4.78, 5) is 26.5. The number of aromatic nitrogens is 2. The zero-order valence-electron chi connectivity index (χ0n) is 15.6. The van der Waals surface area contributed by atoms with Crippen molar-refractivity contribution >= 4 is 17.2 Å². The van der Waals surface area contributed by atoms with E-state index in [0.717, 1.165) is 35.9 Å². The summed E-state index contributed by atoms with van der Waals surface area (Å²) in [6, 6.07) is 10.3. The molecule has 1 amide bonds. The summed E-state index contributed by atoms with van der Waals surface area (Å²) in [6.07, 6.45) is 3.61. The summed E-state index contributed by atoms with van der Waals surface area (Å²) >= 11 is 1.38. The fraction of sp³-hybridized carbons (Fsp3) is 0.286. The minimum Gasteiger partial charge on any atom is -0.335 e. The number of aryl methyl sites for hydroxylation is 1. The SMILES string of the molecule is Cc1nc(-c2ccc(F)cc2)sc1C(=O)N1CCN(Cc2ccncc2)CC1. The van der Waals surface area contributed by atoms with Gasteiger partial charge in [0, 0.05) is 50.7 Å². The third-order valence-electron chi connectivity index (χ3n) is 4.90. The fourth-order valence-corrected chi connectivity index (χ4v) is 4.35. The molecule has 0 unspecified atom stereocenters. The molecule has 1 aliphatic rings. The molecule has 0 radical (unpaired) electrons. The molecule has 4 rings (SSSR count). The van der Waals surface area contributed by atoms with Crippen LogP contribution in [0.3, 0.4) is 0 Å². The first-order valence-corrected chi connectivity index (χ1v) is 10.1. The molecule has 0 bridgehead atoms. The normalized spacial score (nSPS) is 15.0. The number of benzene rings is 1. The van der Waals surface area contributed by atoms with Crippen LogP contribution in [0.5, 0.6) is 0 Å². The van der Waals surface area contributed by atoms with E-state index < -0.39 is 0 Å². The first-order valence-electron chi connectivity index (χ1n) is 9.24. The third kappa shape index (κ3) is 4.10. The van der Waals surface area contributed by atoms with Crippen molar-refractivity contribution in [3.63, 3.8) is 0 Å². The number of hydrogen-bond donors (Lipinski definition) is 0. The first kappa shape index (κ1) is 18.7. The molecule has 144 valence electrons. The lowest BCUT2D eigenvalue weighted by molar-refractivity contribution is 0.0632. The minimum atomic E-state index is -0.280. The van der Waals surface area contributed by atoms with Crippen LogP contribution in [0.25, 0.3) is 10.6 Å². The Morgan fingerprint density at radius 2 is 1.75 bits per heavy atom. The molecule has 7 heteroatoms. The molecule has 1 aromatic carbocycles. The van der Waals surface area contributed by atoms with E-state index in [9.17, 15) is 9.18 Å². The third-order valence-corrected chi connectivity index (χ3v) is 6.09. The summed E-state index contributed by atoms with van der Waals surface area (Å²) in [6.45, 7) is 5.82. The molecule has 1 fully saturated rings. The van der Waals surface area contributed by atoms with Gasteiger partial charge in [-0.3, -0.25) is 14.7 Å². The van der Waals surface area contributed by atoms with Gasteiger partial charge in [0.1, 0.15) is 15.7 Å². The van der Waals surface area contributed by atoms with Crippen molar-refractivity contribution in [2.24, 2.45) is 0 Å². The van der Waals surface area contributed by atoms with E-state index >= 15 is 0 Å². The number of piperazine rings is 1. The summed E-state index contributed by atoms with van der Waals surface area (Å²) in [5.41, 5.74) is 2.79. The number of halogens is 1. The summed E-state index contributed by atoms with van der Waals surface area (Å²) in [5, 5.41) is 0.747. The van der Waals surface area contributed by atoms with Crippen LogP contribution in [-0.4, -0.2) is 51.9 Å². The zero-order valence-corrected chi connectivity index (χ0v) is 16.5. The van der Waals surface area contributed by atoms with Crippen LogP contribution in [0.2, 0.25) is 0 Å². The van der Waals surface area contributed by atoms with Crippen molar-refractivity contribution in [2.75, 3.05) is 26.2 Å². The van der Waals surface area contributed by atoms with E-state index in [0.29, 0.717) is 18.0 Å². The Labute approximate surface area is 167 Å². The number of rotatable bonds is 4. The van der Waals surface area contributed by atoms with Crippen LogP contribution in [0.15, 0.2) is 48.8 Å². The second kappa shape index (κ2) is 8.16. The molecular formula is C21H21FN4OS. The van der Waals surface area contributed by atoms with Crippen LogP contribution in [-0.2, 0) is 6.54 Å². The van der Waals surface area contributed by atoms with Gasteiger partial charge in [-0.1, -0.05) is 0 Å². The van der Waals surface area contributed by atoms with Crippen molar-refractivity contribution in [2.45, 2.75) is 13.5 Å². The minimum absolute atomic E-state index is 0.0342. The predicted octanol–water partition coefficient (Wildman–Crippen LogP) is 3.61. The Kier molecular flexibility index (Phi) is 5.45. The molecule has 1 saturated heterocycles. The van der Waals surface area contributed by atoms with Gasteiger partial charge >= 0.3 is 0 Å². The Hall–Kier alpha value is -2.64. The lowest BCUT2D eigenvalue weighted by Gasteiger charge is -2.34. The van der Waals surface area contributed by atoms with Gasteiger partial charge in [0.15, 0.2) is 0 Å². The molecule has 0 atom stereocenters. The topological polar surface area (TPSA) is 49.3 Å². The van der Waals surface area contributed by atoms with Crippen molar-refractivity contribution in [3.05, 3.63) is 70.7 Å². The number of thiazole rings is 1. The second-order valence-corrected chi connectivity index (χ2v) is 7.86. The zero-order chi connectivity index (χ0) is 19.5. The number of carbonyl (C=O) groups is 1. The molecule has 2 aromatic heterocycles. The van der Waals surface area contributed by atoms with Crippen molar-refractivity contribution in [3.8, 4) is 10.6 Å². The average molecular weight is 396 g/mol. The monoisotopic (exact) mass is 396 g/mol. The smallest absolute Gasteiger partial charge is 0.265 e. The highest BCUT2D eigenvalue weighted by atomic mass is 32.1. The molecule has 0 saturated carbocycles. The van der Waals surface area contributed by atoms with E-state index in [-0.39, 0.29) is 11.7 Å². The fourth-order valence-electron chi connectivity index (χ4n) is 3.31. The molecule has 0 aliphatic carbocycles. The van der Waals surface area contributed by atoms with Gasteiger partial charge < -0.3 is 4.90 Å². The van der Waals surface area contributed by atoms with E-state index in [4.69, 9.17) is 0 Å². The Balaban J connectivity index is 1.41. The molecule has 3 heterocycles. The van der Waals surface area contributed by atoms with Gasteiger partial charge in [0.25, 0.3) is 5.91 Å². The maximum absolute atomic E-state index is 13.1. The number of pyridine rings is 1. The van der Waals surface area contributed by atoms with Gasteiger partial charge in [-0.25, -0.2) is 9.37 Å². The van der Waals surface area contributed by atoms with Gasteiger partial charge in [-0.05, 0) is 48.9 Å². The van der Waals surface area contributed by atoms with Crippen molar-refractivity contribution < 1.29 is 9.18 Å². The Bertz CT molecular complexity index is 950. The van der Waals surface area contributed by atoms with Gasteiger partial charge in [0.2, 0.25) is 0 Å². The van der Waals surface area contributed by atoms with Crippen LogP contribution < -0.4 is 0 Å². The standard InChI is InChI=1S/C21H21FN4OS/c1-15-19(28-20(24-15)17-2-4-18(22)5-3-17)21(27)26-12-10-25(11-13-26)14-16-6-8-23-9-7-16/h2-9H,10-14H2,1H3. The number of carbonyl (C=O) groups excluding carboxylic acids is 1. The molecule has 28 heavy (non-hydrogen) atoms. The molecule has 1 aliphatic heterocycles. The van der Waals surface area contributed by atoms with Gasteiger partial charge in [0.05, 0.1) is 5.69 Å². The largest absolute Gasteiger partial charge is 0.335 e. The van der Waals surface area contributed by atoms with E-state index in [1.165, 1.54) is 29.0 Å². The van der Waals surface area contributed by atoms with Crippen LogP contribution in [0, 0.1) is 12.7 Å². The summed E-state index contributed by atoms with van der Waals surface area (Å²) < 4.78 is 13.1. The first-order chi connectivity index (χ1) is 13.6. The van der Waals surface area contributed by atoms with Crippen LogP contribution in [0.1, 0.15) is 20.9 Å². The maximum atomic E-state index is 13.1. The molecule has 3 aromatic rings. The lowest BCUT2D eigenvalue weighted by atomic mass is 10.2. The summed E-state index contributed by atoms with van der Waals surface area (Å²) in [7, 11) is 0. The number of amides is 1. The van der Waals surface area contributed by atoms with Crippen molar-refractivity contribution in [1.29, 1.82) is 0 Å². The van der Waals surface area contributed by atoms with E-state index in [1.54, 1.807) is 24.5 Å². The molecule has 0 N–H and O–H groups in total.